The molecule has 6 rings (SSSR count). The molecule has 5 aliphatic heterocycles. The number of anilines is 1. The fraction of sp³-hybridized carbons (Fsp3) is 0.700. The number of alkyl halides is 1. The number of carbonyl (C=O) groups excluding carboxylic acids is 3. The van der Waals surface area contributed by atoms with E-state index in [-0.39, 0.29) is 24.1 Å². The summed E-state index contributed by atoms with van der Waals surface area (Å²) in [5.41, 5.74) is 1.83. The van der Waals surface area contributed by atoms with Crippen LogP contribution in [0.4, 0.5) is 10.1 Å². The van der Waals surface area contributed by atoms with Gasteiger partial charge in [-0.15, -0.1) is 0 Å². The fourth-order valence-corrected chi connectivity index (χ4v) is 7.47. The average Bonchev–Trinajstić information content (AvgIpc) is 3.26. The van der Waals surface area contributed by atoms with Crippen LogP contribution >= 0.6 is 0 Å². The molecule has 1 aromatic carbocycles. The molecule has 1 atom stereocenters. The van der Waals surface area contributed by atoms with E-state index in [4.69, 9.17) is 0 Å². The summed E-state index contributed by atoms with van der Waals surface area (Å²) in [7, 11) is 0. The molecule has 0 saturated carbocycles. The molecular formula is C30H42FN5O3. The van der Waals surface area contributed by atoms with E-state index in [2.05, 4.69) is 26.5 Å². The Morgan fingerprint density at radius 2 is 1.64 bits per heavy atom. The number of halogens is 1. The van der Waals surface area contributed by atoms with Gasteiger partial charge in [-0.2, -0.15) is 0 Å². The molecule has 9 heteroatoms. The van der Waals surface area contributed by atoms with Crippen molar-refractivity contribution in [2.24, 2.45) is 11.8 Å². The number of carbonyl (C=O) groups is 3. The van der Waals surface area contributed by atoms with Gasteiger partial charge >= 0.3 is 0 Å². The Balaban J connectivity index is 0.969. The number of likely N-dealkylation sites (tertiary alicyclic amines) is 1. The van der Waals surface area contributed by atoms with Gasteiger partial charge in [0.1, 0.15) is 11.7 Å². The van der Waals surface area contributed by atoms with Crippen molar-refractivity contribution in [3.63, 3.8) is 0 Å². The molecule has 4 fully saturated rings. The molecule has 0 bridgehead atoms. The zero-order valence-electron chi connectivity index (χ0n) is 22.9. The van der Waals surface area contributed by atoms with Crippen molar-refractivity contribution in [1.82, 2.24) is 20.4 Å². The van der Waals surface area contributed by atoms with Crippen LogP contribution in [0.25, 0.3) is 0 Å². The van der Waals surface area contributed by atoms with Gasteiger partial charge < -0.3 is 20.0 Å². The summed E-state index contributed by atoms with van der Waals surface area (Å²) < 4.78 is 15.1. The third-order valence-corrected chi connectivity index (χ3v) is 9.86. The van der Waals surface area contributed by atoms with Gasteiger partial charge in [-0.3, -0.25) is 19.7 Å². The van der Waals surface area contributed by atoms with Gasteiger partial charge in [0.2, 0.25) is 11.8 Å². The molecule has 5 heterocycles. The fourth-order valence-electron chi connectivity index (χ4n) is 7.47. The van der Waals surface area contributed by atoms with Gasteiger partial charge in [0, 0.05) is 43.9 Å². The summed E-state index contributed by atoms with van der Waals surface area (Å²) >= 11 is 0. The van der Waals surface area contributed by atoms with E-state index in [1.54, 1.807) is 4.90 Å². The van der Waals surface area contributed by atoms with Crippen LogP contribution in [-0.4, -0.2) is 85.0 Å². The smallest absolute Gasteiger partial charge is 0.255 e. The first kappa shape index (κ1) is 26.7. The topological polar surface area (TPSA) is 85.0 Å². The minimum atomic E-state index is -0.945. The Labute approximate surface area is 230 Å². The Hall–Kier alpha value is -2.52. The number of hydrogen-bond donors (Lipinski definition) is 2. The maximum atomic E-state index is 15.1. The van der Waals surface area contributed by atoms with Crippen molar-refractivity contribution < 1.29 is 18.8 Å². The Morgan fingerprint density at radius 1 is 0.923 bits per heavy atom. The van der Waals surface area contributed by atoms with Gasteiger partial charge in [-0.1, -0.05) is 0 Å². The monoisotopic (exact) mass is 539 g/mol. The minimum absolute atomic E-state index is 0.119. The van der Waals surface area contributed by atoms with Gasteiger partial charge in [-0.05, 0) is 113 Å². The van der Waals surface area contributed by atoms with Crippen LogP contribution in [-0.2, 0) is 16.1 Å². The van der Waals surface area contributed by atoms with Crippen LogP contribution in [0.3, 0.4) is 0 Å². The van der Waals surface area contributed by atoms with Crippen LogP contribution in [0.5, 0.6) is 0 Å². The molecule has 8 nitrogen and oxygen atoms in total. The Kier molecular flexibility index (Phi) is 7.64. The first-order valence-electron chi connectivity index (χ1n) is 15.0. The molecule has 0 radical (unpaired) electrons. The number of amides is 3. The largest absolute Gasteiger partial charge is 0.372 e. The number of imide groups is 1. The standard InChI is InChI=1S/C30H42FN5O3/c31-30(9-11-32-12-10-30)18-21-5-13-34(14-6-21)19-22-7-15-35(16-8-22)24-1-2-25-23(17-24)20-36(29(25)39)26-3-4-27(37)33-28(26)38/h1-2,17,21-22,26,32H,3-16,18-20H2,(H,33,37,38). The van der Waals surface area contributed by atoms with E-state index in [0.717, 1.165) is 89.2 Å². The highest BCUT2D eigenvalue weighted by Gasteiger charge is 2.39. The molecule has 3 amide bonds. The number of benzene rings is 1. The van der Waals surface area contributed by atoms with Crippen molar-refractivity contribution in [2.75, 3.05) is 50.7 Å². The maximum absolute atomic E-state index is 15.1. The highest BCUT2D eigenvalue weighted by Crippen LogP contribution is 2.36. The summed E-state index contributed by atoms with van der Waals surface area (Å²) in [6.45, 7) is 7.40. The van der Waals surface area contributed by atoms with E-state index in [1.165, 1.54) is 0 Å². The third kappa shape index (κ3) is 5.85. The van der Waals surface area contributed by atoms with Gasteiger partial charge in [0.05, 0.1) is 0 Å². The summed E-state index contributed by atoms with van der Waals surface area (Å²) in [5, 5.41) is 5.65. The minimum Gasteiger partial charge on any atom is -0.372 e. The highest BCUT2D eigenvalue weighted by atomic mass is 19.1. The first-order valence-corrected chi connectivity index (χ1v) is 15.0. The lowest BCUT2D eigenvalue weighted by Gasteiger charge is -2.40. The van der Waals surface area contributed by atoms with E-state index in [0.29, 0.717) is 43.2 Å². The second kappa shape index (κ2) is 11.2. The SMILES string of the molecule is O=C1CCC(N2Cc3cc(N4CCC(CN5CCC(CC6(F)CCNCC6)CC5)CC4)ccc3C2=O)C(=O)N1. The molecular weight excluding hydrogens is 497 g/mol. The van der Waals surface area contributed by atoms with Crippen molar-refractivity contribution in [3.05, 3.63) is 29.3 Å². The lowest BCUT2D eigenvalue weighted by molar-refractivity contribution is -0.136. The lowest BCUT2D eigenvalue weighted by atomic mass is 9.81. The van der Waals surface area contributed by atoms with Crippen LogP contribution in [0.1, 0.15) is 73.7 Å². The van der Waals surface area contributed by atoms with Crippen molar-refractivity contribution in [2.45, 2.75) is 76.0 Å². The number of nitrogens with one attached hydrogen (secondary N) is 2. The normalized spacial score (nSPS) is 27.1. The lowest BCUT2D eigenvalue weighted by Crippen LogP contribution is -2.52. The summed E-state index contributed by atoms with van der Waals surface area (Å²) in [4.78, 5) is 43.5. The van der Waals surface area contributed by atoms with Crippen molar-refractivity contribution in [1.29, 1.82) is 0 Å². The zero-order chi connectivity index (χ0) is 27.0. The average molecular weight is 540 g/mol. The molecule has 0 aliphatic carbocycles. The van der Waals surface area contributed by atoms with Gasteiger partial charge in [0.15, 0.2) is 0 Å². The molecule has 2 N–H and O–H groups in total. The molecule has 1 unspecified atom stereocenters. The van der Waals surface area contributed by atoms with Gasteiger partial charge in [-0.25, -0.2) is 4.39 Å². The second-order valence-corrected chi connectivity index (χ2v) is 12.5. The van der Waals surface area contributed by atoms with Crippen molar-refractivity contribution >= 4 is 23.4 Å². The highest BCUT2D eigenvalue weighted by molar-refractivity contribution is 6.05. The first-order chi connectivity index (χ1) is 18.9. The predicted molar refractivity (Wildman–Crippen MR) is 147 cm³/mol. The number of rotatable bonds is 6. The van der Waals surface area contributed by atoms with Crippen LogP contribution < -0.4 is 15.5 Å². The summed E-state index contributed by atoms with van der Waals surface area (Å²) in [5.74, 6) is 0.466. The molecule has 212 valence electrons. The summed E-state index contributed by atoms with van der Waals surface area (Å²) in [6.07, 6.45) is 7.30. The number of nitrogens with zero attached hydrogens (tertiary/aromatic N) is 3. The number of fused-ring (bicyclic) bond motifs is 1. The van der Waals surface area contributed by atoms with E-state index in [1.807, 2.05) is 12.1 Å². The van der Waals surface area contributed by atoms with Crippen LogP contribution in [0, 0.1) is 11.8 Å². The second-order valence-electron chi connectivity index (χ2n) is 12.5. The maximum Gasteiger partial charge on any atom is 0.255 e. The van der Waals surface area contributed by atoms with Crippen LogP contribution in [0.2, 0.25) is 0 Å². The molecule has 39 heavy (non-hydrogen) atoms. The van der Waals surface area contributed by atoms with Gasteiger partial charge in [0.25, 0.3) is 5.91 Å². The van der Waals surface area contributed by atoms with E-state index >= 15 is 4.39 Å². The third-order valence-electron chi connectivity index (χ3n) is 9.86. The van der Waals surface area contributed by atoms with E-state index < -0.39 is 11.7 Å². The quantitative estimate of drug-likeness (QED) is 0.541. The number of piperidine rings is 4. The Bertz CT molecular complexity index is 1090. The molecule has 5 aliphatic rings. The zero-order valence-corrected chi connectivity index (χ0v) is 22.9. The molecule has 0 spiro atoms. The summed E-state index contributed by atoms with van der Waals surface area (Å²) in [6, 6.07) is 5.48. The number of hydrogen-bond acceptors (Lipinski definition) is 6. The molecule has 4 saturated heterocycles. The van der Waals surface area contributed by atoms with Crippen molar-refractivity contribution in [3.8, 4) is 0 Å². The molecule has 0 aromatic heterocycles. The van der Waals surface area contributed by atoms with E-state index in [9.17, 15) is 14.4 Å². The molecule has 1 aromatic rings. The van der Waals surface area contributed by atoms with Crippen LogP contribution in [0.15, 0.2) is 18.2 Å². The predicted octanol–water partition coefficient (Wildman–Crippen LogP) is 2.86. The Morgan fingerprint density at radius 3 is 2.36 bits per heavy atom.